The number of thioether (sulfide) groups is 1. The first kappa shape index (κ1) is 14.0. The maximum absolute atomic E-state index is 12.0. The Morgan fingerprint density at radius 1 is 1.17 bits per heavy atom. The van der Waals surface area contributed by atoms with E-state index in [2.05, 4.69) is 34.1 Å². The Morgan fingerprint density at radius 2 is 2.04 bits per heavy atom. The van der Waals surface area contributed by atoms with Crippen LogP contribution in [0.15, 0.2) is 58.5 Å². The van der Waals surface area contributed by atoms with Crippen LogP contribution >= 0.6 is 11.8 Å². The molecule has 3 heterocycles. The molecule has 4 rings (SSSR count). The highest BCUT2D eigenvalue weighted by Gasteiger charge is 2.06. The average molecular weight is 322 g/mol. The number of hydrogen-bond acceptors (Lipinski definition) is 4. The van der Waals surface area contributed by atoms with Crippen LogP contribution in [0.4, 0.5) is 0 Å². The van der Waals surface area contributed by atoms with Gasteiger partial charge in [-0.3, -0.25) is 9.89 Å². The van der Waals surface area contributed by atoms with Crippen LogP contribution < -0.4 is 5.56 Å². The summed E-state index contributed by atoms with van der Waals surface area (Å²) in [5, 5.41) is 4.95. The van der Waals surface area contributed by atoms with Gasteiger partial charge in [0.05, 0.1) is 16.2 Å². The highest BCUT2D eigenvalue weighted by Crippen LogP contribution is 2.25. The Kier molecular flexibility index (Phi) is 3.38. The molecule has 1 aromatic carbocycles. The fraction of sp³-hybridized carbons (Fsp3) is 0.118. The zero-order valence-corrected chi connectivity index (χ0v) is 13.3. The first-order chi connectivity index (χ1) is 11.2. The lowest BCUT2D eigenvalue weighted by Gasteiger charge is -2.06. The van der Waals surface area contributed by atoms with Crippen molar-refractivity contribution in [2.45, 2.75) is 17.7 Å². The number of hydrogen-bond donors (Lipinski definition) is 1. The second kappa shape index (κ2) is 5.55. The zero-order valence-electron chi connectivity index (χ0n) is 12.5. The van der Waals surface area contributed by atoms with E-state index in [1.54, 1.807) is 30.1 Å². The molecule has 4 aromatic rings. The fourth-order valence-electron chi connectivity index (χ4n) is 2.59. The minimum Gasteiger partial charge on any atom is -0.297 e. The monoisotopic (exact) mass is 322 g/mol. The number of benzene rings is 1. The molecule has 1 N–H and O–H groups in total. The topological polar surface area (TPSA) is 63.0 Å². The second-order valence-electron chi connectivity index (χ2n) is 5.32. The summed E-state index contributed by atoms with van der Waals surface area (Å²) < 4.78 is 1.42. The van der Waals surface area contributed by atoms with Gasteiger partial charge < -0.3 is 0 Å². The van der Waals surface area contributed by atoms with Crippen LogP contribution in [0, 0.1) is 6.92 Å². The van der Waals surface area contributed by atoms with Crippen LogP contribution in [0.2, 0.25) is 0 Å². The number of nitrogens with one attached hydrogen (secondary N) is 1. The van der Waals surface area contributed by atoms with Crippen molar-refractivity contribution in [1.29, 1.82) is 0 Å². The average Bonchev–Trinajstić information content (AvgIpc) is 3.02. The summed E-state index contributed by atoms with van der Waals surface area (Å²) >= 11 is 1.59. The molecule has 0 radical (unpaired) electrons. The highest BCUT2D eigenvalue weighted by molar-refractivity contribution is 7.98. The molecule has 0 saturated heterocycles. The molecular formula is C17H14N4OS. The molecule has 5 nitrogen and oxygen atoms in total. The number of aromatic amines is 1. The molecule has 3 aromatic heterocycles. The van der Waals surface area contributed by atoms with E-state index in [9.17, 15) is 4.79 Å². The van der Waals surface area contributed by atoms with Crippen molar-refractivity contribution < 1.29 is 0 Å². The molecule has 0 spiro atoms. The number of rotatable bonds is 3. The lowest BCUT2D eigenvalue weighted by Crippen LogP contribution is -2.14. The van der Waals surface area contributed by atoms with Gasteiger partial charge in [0.1, 0.15) is 0 Å². The van der Waals surface area contributed by atoms with Crippen LogP contribution in [0.1, 0.15) is 11.3 Å². The van der Waals surface area contributed by atoms with Crippen molar-refractivity contribution in [3.05, 3.63) is 70.3 Å². The van der Waals surface area contributed by atoms with E-state index < -0.39 is 0 Å². The molecule has 0 aliphatic carbocycles. The SMILES string of the molecule is Cc1cc(SCc2cc(=O)n3[nH]ccc3n2)nc2ccccc12. The van der Waals surface area contributed by atoms with Crippen molar-refractivity contribution >= 4 is 28.3 Å². The molecule has 0 amide bonds. The predicted octanol–water partition coefficient (Wildman–Crippen LogP) is 3.17. The normalized spacial score (nSPS) is 11.3. The fourth-order valence-corrected chi connectivity index (χ4v) is 3.46. The van der Waals surface area contributed by atoms with Gasteiger partial charge in [-0.1, -0.05) is 30.0 Å². The number of aryl methyl sites for hydroxylation is 1. The molecule has 23 heavy (non-hydrogen) atoms. The standard InChI is InChI=1S/C17H14N4OS/c1-11-8-16(20-14-5-3-2-4-13(11)14)23-10-12-9-17(22)21-15(19-12)6-7-18-21/h2-9,18H,10H2,1H3. The predicted molar refractivity (Wildman–Crippen MR) is 91.9 cm³/mol. The van der Waals surface area contributed by atoms with E-state index in [0.717, 1.165) is 16.2 Å². The molecule has 114 valence electrons. The Bertz CT molecular complexity index is 1070. The Morgan fingerprint density at radius 3 is 2.96 bits per heavy atom. The third kappa shape index (κ3) is 2.61. The molecule has 0 unspecified atom stereocenters. The van der Waals surface area contributed by atoms with Gasteiger partial charge >= 0.3 is 0 Å². The molecule has 6 heteroatoms. The molecule has 0 saturated carbocycles. The Hall–Kier alpha value is -2.60. The highest BCUT2D eigenvalue weighted by atomic mass is 32.2. The quantitative estimate of drug-likeness (QED) is 0.589. The van der Waals surface area contributed by atoms with Gasteiger partial charge in [0.2, 0.25) is 0 Å². The first-order valence-electron chi connectivity index (χ1n) is 7.26. The molecule has 0 atom stereocenters. The van der Waals surface area contributed by atoms with Gasteiger partial charge in [-0.25, -0.2) is 14.5 Å². The number of fused-ring (bicyclic) bond motifs is 2. The second-order valence-corrected chi connectivity index (χ2v) is 6.32. The lowest BCUT2D eigenvalue weighted by molar-refractivity contribution is 0.888. The molecule has 0 aliphatic rings. The number of pyridine rings is 1. The van der Waals surface area contributed by atoms with Crippen molar-refractivity contribution in [1.82, 2.24) is 19.6 Å². The van der Waals surface area contributed by atoms with Gasteiger partial charge in [-0.15, -0.1) is 0 Å². The summed E-state index contributed by atoms with van der Waals surface area (Å²) in [7, 11) is 0. The van der Waals surface area contributed by atoms with Gasteiger partial charge in [-0.2, -0.15) is 0 Å². The number of aromatic nitrogens is 4. The summed E-state index contributed by atoms with van der Waals surface area (Å²) in [4.78, 5) is 21.1. The number of para-hydroxylation sites is 1. The van der Waals surface area contributed by atoms with Gasteiger partial charge in [0, 0.05) is 29.5 Å². The van der Waals surface area contributed by atoms with E-state index in [4.69, 9.17) is 0 Å². The third-order valence-electron chi connectivity index (χ3n) is 3.70. The van der Waals surface area contributed by atoms with E-state index in [-0.39, 0.29) is 5.56 Å². The summed E-state index contributed by atoms with van der Waals surface area (Å²) in [6.07, 6.45) is 1.70. The van der Waals surface area contributed by atoms with E-state index >= 15 is 0 Å². The number of H-pyrrole nitrogens is 1. The summed E-state index contributed by atoms with van der Waals surface area (Å²) in [5.41, 5.74) is 3.48. The molecule has 0 fully saturated rings. The van der Waals surface area contributed by atoms with Crippen LogP contribution in [0.5, 0.6) is 0 Å². The zero-order chi connectivity index (χ0) is 15.8. The summed E-state index contributed by atoms with van der Waals surface area (Å²) in [5.74, 6) is 0.613. The largest absolute Gasteiger partial charge is 0.297 e. The Labute approximate surface area is 136 Å². The van der Waals surface area contributed by atoms with Crippen molar-refractivity contribution in [3.63, 3.8) is 0 Å². The molecule has 0 aliphatic heterocycles. The number of nitrogens with zero attached hydrogens (tertiary/aromatic N) is 3. The van der Waals surface area contributed by atoms with E-state index in [1.807, 2.05) is 18.2 Å². The molecular weight excluding hydrogens is 308 g/mol. The maximum Gasteiger partial charge on any atom is 0.272 e. The van der Waals surface area contributed by atoms with Crippen LogP contribution in [0.3, 0.4) is 0 Å². The minimum absolute atomic E-state index is 0.0988. The molecule has 0 bridgehead atoms. The first-order valence-corrected chi connectivity index (χ1v) is 8.24. The van der Waals surface area contributed by atoms with Crippen molar-refractivity contribution in [3.8, 4) is 0 Å². The van der Waals surface area contributed by atoms with Gasteiger partial charge in [0.15, 0.2) is 5.65 Å². The van der Waals surface area contributed by atoms with Crippen molar-refractivity contribution in [2.24, 2.45) is 0 Å². The summed E-state index contributed by atoms with van der Waals surface area (Å²) in [6, 6.07) is 13.5. The van der Waals surface area contributed by atoms with Crippen molar-refractivity contribution in [2.75, 3.05) is 0 Å². The van der Waals surface area contributed by atoms with Crippen LogP contribution in [-0.2, 0) is 5.75 Å². The summed E-state index contributed by atoms with van der Waals surface area (Å²) in [6.45, 7) is 2.09. The lowest BCUT2D eigenvalue weighted by atomic mass is 10.1. The maximum atomic E-state index is 12.0. The van der Waals surface area contributed by atoms with E-state index in [0.29, 0.717) is 11.4 Å². The van der Waals surface area contributed by atoms with Crippen LogP contribution in [-0.4, -0.2) is 19.6 Å². The van der Waals surface area contributed by atoms with Gasteiger partial charge in [0.25, 0.3) is 5.56 Å². The van der Waals surface area contributed by atoms with Gasteiger partial charge in [-0.05, 0) is 24.6 Å². The smallest absolute Gasteiger partial charge is 0.272 e. The Balaban J connectivity index is 1.64. The van der Waals surface area contributed by atoms with E-state index in [1.165, 1.54) is 15.5 Å². The third-order valence-corrected chi connectivity index (χ3v) is 4.65. The minimum atomic E-state index is -0.0988. The van der Waals surface area contributed by atoms with Crippen LogP contribution in [0.25, 0.3) is 16.6 Å².